The van der Waals surface area contributed by atoms with Crippen LogP contribution in [-0.4, -0.2) is 0 Å². The standard InChI is InChI=1S/C28H32F4O/c1-11-16-33-24(10)28(32)27(31)23(9)20(6)15-14-19(5)22(8)26(30)25(29)21(7)18(4)13-12-17(2)3/h11,13-17H,5-10,12H2,1-4H3/b15-14-,16-11-,18-13+,26-25-,28-27-. The van der Waals surface area contributed by atoms with Crippen molar-refractivity contribution in [1.82, 2.24) is 0 Å². The first kappa shape index (κ1) is 29.7. The van der Waals surface area contributed by atoms with Crippen LogP contribution < -0.4 is 0 Å². The van der Waals surface area contributed by atoms with E-state index in [9.17, 15) is 17.6 Å². The fourth-order valence-electron chi connectivity index (χ4n) is 2.11. The van der Waals surface area contributed by atoms with Crippen LogP contribution in [0.3, 0.4) is 0 Å². The normalized spacial score (nSPS) is 13.7. The van der Waals surface area contributed by atoms with Crippen LogP contribution in [0.4, 0.5) is 17.6 Å². The van der Waals surface area contributed by atoms with Crippen molar-refractivity contribution in [2.24, 2.45) is 5.92 Å². The summed E-state index contributed by atoms with van der Waals surface area (Å²) in [5.41, 5.74) is -0.313. The van der Waals surface area contributed by atoms with Crippen LogP contribution in [0.5, 0.6) is 0 Å². The van der Waals surface area contributed by atoms with Gasteiger partial charge in [-0.25, -0.2) is 13.2 Å². The van der Waals surface area contributed by atoms with Crippen molar-refractivity contribution in [3.8, 4) is 0 Å². The van der Waals surface area contributed by atoms with Gasteiger partial charge in [0.25, 0.3) is 0 Å². The molecule has 0 atom stereocenters. The molecule has 0 bridgehead atoms. The van der Waals surface area contributed by atoms with E-state index in [-0.39, 0.29) is 27.9 Å². The molecule has 33 heavy (non-hydrogen) atoms. The highest BCUT2D eigenvalue weighted by Crippen LogP contribution is 2.31. The van der Waals surface area contributed by atoms with Crippen molar-refractivity contribution in [3.05, 3.63) is 133 Å². The summed E-state index contributed by atoms with van der Waals surface area (Å²) in [5.74, 6) is -5.20. The molecule has 0 aromatic carbocycles. The lowest BCUT2D eigenvalue weighted by atomic mass is 9.99. The second kappa shape index (κ2) is 13.9. The molecule has 1 nitrogen and oxygen atoms in total. The third-order valence-electron chi connectivity index (χ3n) is 4.40. The minimum Gasteiger partial charge on any atom is -0.463 e. The molecule has 0 aliphatic rings. The zero-order valence-corrected chi connectivity index (χ0v) is 19.8. The van der Waals surface area contributed by atoms with Crippen LogP contribution in [0, 0.1) is 5.92 Å². The zero-order valence-electron chi connectivity index (χ0n) is 19.8. The van der Waals surface area contributed by atoms with Gasteiger partial charge in [-0.3, -0.25) is 0 Å². The van der Waals surface area contributed by atoms with Gasteiger partial charge in [0.05, 0.1) is 6.26 Å². The second-order valence-corrected chi connectivity index (χ2v) is 7.60. The molecule has 0 heterocycles. The Labute approximate surface area is 195 Å². The van der Waals surface area contributed by atoms with Gasteiger partial charge in [-0.1, -0.05) is 77.6 Å². The summed E-state index contributed by atoms with van der Waals surface area (Å²) < 4.78 is 62.3. The lowest BCUT2D eigenvalue weighted by Crippen LogP contribution is -1.95. The lowest BCUT2D eigenvalue weighted by molar-refractivity contribution is 0.332. The Morgan fingerprint density at radius 3 is 1.61 bits per heavy atom. The van der Waals surface area contributed by atoms with E-state index in [0.29, 0.717) is 17.9 Å². The van der Waals surface area contributed by atoms with Crippen molar-refractivity contribution in [3.63, 3.8) is 0 Å². The van der Waals surface area contributed by atoms with Gasteiger partial charge < -0.3 is 4.74 Å². The Hall–Kier alpha value is -3.34. The van der Waals surface area contributed by atoms with Crippen LogP contribution in [0.25, 0.3) is 0 Å². The molecule has 0 radical (unpaired) electrons. The highest BCUT2D eigenvalue weighted by molar-refractivity contribution is 5.55. The van der Waals surface area contributed by atoms with Gasteiger partial charge in [-0.2, -0.15) is 4.39 Å². The van der Waals surface area contributed by atoms with E-state index in [1.165, 1.54) is 18.2 Å². The highest BCUT2D eigenvalue weighted by Gasteiger charge is 2.17. The van der Waals surface area contributed by atoms with Gasteiger partial charge in [-0.15, -0.1) is 0 Å². The van der Waals surface area contributed by atoms with Gasteiger partial charge in [0, 0.05) is 16.7 Å². The van der Waals surface area contributed by atoms with Gasteiger partial charge in [0.15, 0.2) is 23.2 Å². The predicted octanol–water partition coefficient (Wildman–Crippen LogP) is 9.68. The van der Waals surface area contributed by atoms with Crippen molar-refractivity contribution >= 4 is 0 Å². The Bertz CT molecular complexity index is 995. The number of allylic oxidation sites excluding steroid dienone is 14. The van der Waals surface area contributed by atoms with E-state index in [0.717, 1.165) is 6.26 Å². The van der Waals surface area contributed by atoms with E-state index in [2.05, 4.69) is 39.5 Å². The van der Waals surface area contributed by atoms with E-state index in [1.54, 1.807) is 19.9 Å². The molecule has 0 aromatic heterocycles. The van der Waals surface area contributed by atoms with Crippen molar-refractivity contribution in [1.29, 1.82) is 0 Å². The lowest BCUT2D eigenvalue weighted by Gasteiger charge is -2.10. The van der Waals surface area contributed by atoms with E-state index in [4.69, 9.17) is 4.74 Å². The first-order valence-corrected chi connectivity index (χ1v) is 10.1. The fraction of sp³-hybridized carbons (Fsp3) is 0.214. The summed E-state index contributed by atoms with van der Waals surface area (Å²) >= 11 is 0. The quantitative estimate of drug-likeness (QED) is 0.151. The van der Waals surface area contributed by atoms with Crippen molar-refractivity contribution in [2.75, 3.05) is 0 Å². The number of ether oxygens (including phenoxy) is 1. The van der Waals surface area contributed by atoms with E-state index < -0.39 is 29.1 Å². The predicted molar refractivity (Wildman–Crippen MR) is 132 cm³/mol. The number of halogens is 4. The maximum atomic E-state index is 14.6. The molecule has 0 aliphatic heterocycles. The molecule has 0 saturated carbocycles. The Balaban J connectivity index is 5.48. The number of hydrogen-bond acceptors (Lipinski definition) is 1. The largest absolute Gasteiger partial charge is 0.463 e. The average Bonchev–Trinajstić information content (AvgIpc) is 2.80. The van der Waals surface area contributed by atoms with Crippen LogP contribution >= 0.6 is 0 Å². The topological polar surface area (TPSA) is 9.23 Å². The molecule has 178 valence electrons. The molecular weight excluding hydrogens is 428 g/mol. The van der Waals surface area contributed by atoms with Crippen LogP contribution in [-0.2, 0) is 4.74 Å². The summed E-state index contributed by atoms with van der Waals surface area (Å²) in [6, 6.07) is 0. The highest BCUT2D eigenvalue weighted by atomic mass is 19.2. The molecule has 0 fully saturated rings. The molecule has 0 spiro atoms. The molecular formula is C28H32F4O. The Morgan fingerprint density at radius 2 is 1.18 bits per heavy atom. The third kappa shape index (κ3) is 9.36. The molecule has 0 rings (SSSR count). The summed E-state index contributed by atoms with van der Waals surface area (Å²) in [4.78, 5) is 0. The first-order valence-electron chi connectivity index (χ1n) is 10.1. The maximum Gasteiger partial charge on any atom is 0.201 e. The monoisotopic (exact) mass is 460 g/mol. The third-order valence-corrected chi connectivity index (χ3v) is 4.40. The van der Waals surface area contributed by atoms with Crippen LogP contribution in [0.15, 0.2) is 133 Å². The molecule has 0 unspecified atom stereocenters. The van der Waals surface area contributed by atoms with Gasteiger partial charge >= 0.3 is 0 Å². The molecule has 0 saturated heterocycles. The molecule has 0 amide bonds. The number of rotatable bonds is 13. The molecule has 5 heteroatoms. The van der Waals surface area contributed by atoms with Gasteiger partial charge in [0.2, 0.25) is 5.83 Å². The maximum absolute atomic E-state index is 14.6. The smallest absolute Gasteiger partial charge is 0.201 e. The van der Waals surface area contributed by atoms with Crippen LogP contribution in [0.2, 0.25) is 0 Å². The van der Waals surface area contributed by atoms with E-state index >= 15 is 0 Å². The SMILES string of the molecule is C=C(/C=C\C(=C)C(=C)/C(F)=C(/F)C(=C)/C(C)=C/CC(C)C)C(=C)/C(F)=C(/F)C(=C)O/C=C\C. The molecule has 0 aromatic rings. The molecule has 0 aliphatic carbocycles. The Kier molecular flexibility index (Phi) is 12.5. The minimum atomic E-state index is -1.34. The van der Waals surface area contributed by atoms with Crippen molar-refractivity contribution < 1.29 is 22.3 Å². The minimum absolute atomic E-state index is 0.00102. The summed E-state index contributed by atoms with van der Waals surface area (Å²) in [6.45, 7) is 28.3. The number of hydrogen-bond donors (Lipinski definition) is 0. The van der Waals surface area contributed by atoms with Crippen molar-refractivity contribution in [2.45, 2.75) is 34.1 Å². The van der Waals surface area contributed by atoms with Gasteiger partial charge in [-0.05, 0) is 42.9 Å². The van der Waals surface area contributed by atoms with E-state index in [1.807, 2.05) is 13.8 Å². The summed E-state index contributed by atoms with van der Waals surface area (Å²) in [7, 11) is 0. The summed E-state index contributed by atoms with van der Waals surface area (Å²) in [5, 5.41) is 0. The second-order valence-electron chi connectivity index (χ2n) is 7.60. The molecule has 0 N–H and O–H groups in total. The first-order chi connectivity index (χ1) is 15.3. The van der Waals surface area contributed by atoms with Crippen LogP contribution in [0.1, 0.15) is 34.1 Å². The Morgan fingerprint density at radius 1 is 0.758 bits per heavy atom. The fourth-order valence-corrected chi connectivity index (χ4v) is 2.11. The zero-order chi connectivity index (χ0) is 25.9. The average molecular weight is 461 g/mol. The van der Waals surface area contributed by atoms with Gasteiger partial charge in [0.1, 0.15) is 0 Å². The summed E-state index contributed by atoms with van der Waals surface area (Å²) in [6.07, 6.45) is 7.56.